The summed E-state index contributed by atoms with van der Waals surface area (Å²) in [6.45, 7) is 0. The van der Waals surface area contributed by atoms with Gasteiger partial charge in [-0.25, -0.2) is 0 Å². The zero-order valence-corrected chi connectivity index (χ0v) is 42.1. The highest BCUT2D eigenvalue weighted by molar-refractivity contribution is 6.24. The Labute approximate surface area is 446 Å². The molecule has 0 N–H and O–H groups in total. The molecule has 0 aromatic heterocycles. The summed E-state index contributed by atoms with van der Waals surface area (Å²) < 4.78 is 0. The van der Waals surface area contributed by atoms with Crippen molar-refractivity contribution in [1.82, 2.24) is 0 Å². The Hall–Kier alpha value is -9.76. The van der Waals surface area contributed by atoms with Gasteiger partial charge in [-0.05, 0) is 155 Å². The van der Waals surface area contributed by atoms with Crippen molar-refractivity contribution in [2.45, 2.75) is 12.5 Å². The lowest BCUT2D eigenvalue weighted by Crippen LogP contribution is -2.30. The molecule has 1 unspecified atom stereocenters. The van der Waals surface area contributed by atoms with Crippen LogP contribution >= 0.6 is 0 Å². The van der Waals surface area contributed by atoms with Crippen LogP contribution in [0, 0.1) is 0 Å². The number of rotatable bonds is 12. The highest BCUT2D eigenvalue weighted by Gasteiger charge is 2.26. The minimum absolute atomic E-state index is 0.0828. The van der Waals surface area contributed by atoms with Gasteiger partial charge in [-0.2, -0.15) is 0 Å². The summed E-state index contributed by atoms with van der Waals surface area (Å²) in [6, 6.07) is 106. The molecule has 1 atom stereocenters. The van der Waals surface area contributed by atoms with Crippen molar-refractivity contribution in [1.29, 1.82) is 0 Å². The van der Waals surface area contributed by atoms with Gasteiger partial charge in [0.05, 0.1) is 6.04 Å². The van der Waals surface area contributed by atoms with Crippen LogP contribution in [0.15, 0.2) is 309 Å². The smallest absolute Gasteiger partial charge is 0.0560 e. The lowest BCUT2D eigenvalue weighted by atomic mass is 9.82. The van der Waals surface area contributed by atoms with Crippen molar-refractivity contribution in [2.75, 3.05) is 9.80 Å². The van der Waals surface area contributed by atoms with E-state index in [2.05, 4.69) is 319 Å². The van der Waals surface area contributed by atoms with E-state index in [0.29, 0.717) is 0 Å². The summed E-state index contributed by atoms with van der Waals surface area (Å²) in [5.41, 5.74) is 19.9. The van der Waals surface area contributed by atoms with Crippen LogP contribution in [0.5, 0.6) is 0 Å². The van der Waals surface area contributed by atoms with Crippen LogP contribution < -0.4 is 9.80 Å². The molecule has 0 fully saturated rings. The maximum atomic E-state index is 2.53. The molecule has 0 heterocycles. The van der Waals surface area contributed by atoms with E-state index in [1.54, 1.807) is 0 Å². The quantitative estimate of drug-likeness (QED) is 0.113. The van der Waals surface area contributed by atoms with E-state index in [0.717, 1.165) is 34.9 Å². The lowest BCUT2D eigenvalue weighted by molar-refractivity contribution is 0.787. The fourth-order valence-corrected chi connectivity index (χ4v) is 11.4. The predicted molar refractivity (Wildman–Crippen MR) is 324 cm³/mol. The van der Waals surface area contributed by atoms with E-state index in [9.17, 15) is 0 Å². The monoisotopic (exact) mass is 970 g/mol. The fraction of sp³-hybridized carbons (Fsp3) is 0.0270. The molecule has 0 saturated carbocycles. The molecular weight excluding hydrogens is 917 g/mol. The number of benzene rings is 12. The van der Waals surface area contributed by atoms with E-state index in [1.807, 2.05) is 0 Å². The second kappa shape index (κ2) is 20.6. The minimum atomic E-state index is 0.0828. The number of nitrogens with zero attached hydrogens (tertiary/aromatic N) is 2. The molecule has 0 amide bonds. The van der Waals surface area contributed by atoms with E-state index >= 15 is 0 Å². The van der Waals surface area contributed by atoms with Gasteiger partial charge in [0.2, 0.25) is 0 Å². The molecule has 0 radical (unpaired) electrons. The largest absolute Gasteiger partial charge is 0.334 e. The molecule has 360 valence electrons. The van der Waals surface area contributed by atoms with E-state index < -0.39 is 0 Å². The number of hydrogen-bond acceptors (Lipinski definition) is 2. The van der Waals surface area contributed by atoms with Crippen LogP contribution in [-0.4, -0.2) is 6.04 Å². The van der Waals surface area contributed by atoms with E-state index in [1.165, 1.54) is 88.3 Å². The van der Waals surface area contributed by atoms with Gasteiger partial charge in [0.15, 0.2) is 0 Å². The Bertz CT molecular complexity index is 4040. The number of anilines is 5. The summed E-state index contributed by atoms with van der Waals surface area (Å²) in [5.74, 6) is 0. The van der Waals surface area contributed by atoms with Crippen LogP contribution in [0.1, 0.15) is 12.0 Å². The van der Waals surface area contributed by atoms with Crippen LogP contribution in [0.25, 0.3) is 82.8 Å². The van der Waals surface area contributed by atoms with Crippen molar-refractivity contribution >= 4 is 55.6 Å². The molecule has 1 aliphatic carbocycles. The van der Waals surface area contributed by atoms with Crippen LogP contribution in [-0.2, 0) is 0 Å². The van der Waals surface area contributed by atoms with Crippen molar-refractivity contribution in [3.63, 3.8) is 0 Å². The van der Waals surface area contributed by atoms with Gasteiger partial charge in [0.25, 0.3) is 0 Å². The molecule has 12 aromatic rings. The van der Waals surface area contributed by atoms with Gasteiger partial charge in [0.1, 0.15) is 0 Å². The molecular formula is C74H54N2. The van der Waals surface area contributed by atoms with Crippen molar-refractivity contribution in [3.8, 4) is 55.6 Å². The van der Waals surface area contributed by atoms with E-state index in [4.69, 9.17) is 0 Å². The molecule has 0 aliphatic heterocycles. The topological polar surface area (TPSA) is 6.48 Å². The first-order chi connectivity index (χ1) is 37.7. The SMILES string of the molecule is C1=CC(N(c2ccccc2)c2ccc3c(-c4ccccc4-c4ccccc4)c4cc(N(c5ccccc5)c5ccc(-c6ccccc6)cc5)ccc4c(-c4ccccc4-c4ccccc4)c3c2)CC=C1c1ccccc1. The van der Waals surface area contributed by atoms with Gasteiger partial charge in [-0.1, -0.05) is 249 Å². The summed E-state index contributed by atoms with van der Waals surface area (Å²) in [5, 5.41) is 4.74. The highest BCUT2D eigenvalue weighted by atomic mass is 15.2. The maximum Gasteiger partial charge on any atom is 0.0560 e. The second-order valence-corrected chi connectivity index (χ2v) is 19.5. The lowest BCUT2D eigenvalue weighted by Gasteiger charge is -2.34. The Morgan fingerprint density at radius 1 is 0.276 bits per heavy atom. The summed E-state index contributed by atoms with van der Waals surface area (Å²) >= 11 is 0. The van der Waals surface area contributed by atoms with Crippen molar-refractivity contribution < 1.29 is 0 Å². The predicted octanol–water partition coefficient (Wildman–Crippen LogP) is 20.3. The van der Waals surface area contributed by atoms with Crippen molar-refractivity contribution in [2.24, 2.45) is 0 Å². The van der Waals surface area contributed by atoms with Crippen LogP contribution in [0.2, 0.25) is 0 Å². The van der Waals surface area contributed by atoms with Gasteiger partial charge in [-0.3, -0.25) is 0 Å². The molecule has 2 heteroatoms. The van der Waals surface area contributed by atoms with Gasteiger partial charge in [0, 0.05) is 28.4 Å². The number of allylic oxidation sites excluding steroid dienone is 2. The number of hydrogen-bond donors (Lipinski definition) is 0. The molecule has 0 saturated heterocycles. The average molecular weight is 971 g/mol. The molecule has 13 rings (SSSR count). The summed E-state index contributed by atoms with van der Waals surface area (Å²) in [4.78, 5) is 4.94. The van der Waals surface area contributed by atoms with Crippen LogP contribution in [0.3, 0.4) is 0 Å². The van der Waals surface area contributed by atoms with Gasteiger partial charge >= 0.3 is 0 Å². The molecule has 2 nitrogen and oxygen atoms in total. The Morgan fingerprint density at radius 2 is 0.658 bits per heavy atom. The van der Waals surface area contributed by atoms with Gasteiger partial charge < -0.3 is 9.80 Å². The molecule has 1 aliphatic rings. The first-order valence-corrected chi connectivity index (χ1v) is 26.4. The molecule has 0 spiro atoms. The number of fused-ring (bicyclic) bond motifs is 2. The van der Waals surface area contributed by atoms with Gasteiger partial charge in [-0.15, -0.1) is 0 Å². The summed E-state index contributed by atoms with van der Waals surface area (Å²) in [6.07, 6.45) is 7.96. The molecule has 12 aromatic carbocycles. The Morgan fingerprint density at radius 3 is 1.16 bits per heavy atom. The molecule has 0 bridgehead atoms. The fourth-order valence-electron chi connectivity index (χ4n) is 11.4. The number of para-hydroxylation sites is 2. The average Bonchev–Trinajstić information content (AvgIpc) is 3.51. The van der Waals surface area contributed by atoms with Crippen molar-refractivity contribution in [3.05, 3.63) is 315 Å². The normalized spacial score (nSPS) is 13.1. The third-order valence-corrected chi connectivity index (χ3v) is 15.0. The second-order valence-electron chi connectivity index (χ2n) is 19.5. The first kappa shape index (κ1) is 46.1. The Balaban J connectivity index is 1.10. The minimum Gasteiger partial charge on any atom is -0.334 e. The standard InChI is InChI=1S/C74H54N2/c1-7-23-53(24-8-1)55-39-43-61(44-40-55)75(59-31-15-5-16-32-59)63-47-49-69-71(51-63)73(67-37-21-19-35-65(67)57-27-11-3-12-28-57)70-50-48-64(52-72(70)74(69)68-38-22-20-36-66(68)58-29-13-4-14-30-58)76(60-33-17-6-18-34-60)62-45-41-56(42-46-62)54-25-9-2-10-26-54/h1-45,47-52,62H,46H2. The zero-order valence-electron chi connectivity index (χ0n) is 42.1. The summed E-state index contributed by atoms with van der Waals surface area (Å²) in [7, 11) is 0. The zero-order chi connectivity index (χ0) is 50.6. The molecule has 76 heavy (non-hydrogen) atoms. The first-order valence-electron chi connectivity index (χ1n) is 26.4. The third-order valence-electron chi connectivity index (χ3n) is 15.0. The maximum absolute atomic E-state index is 2.53. The van der Waals surface area contributed by atoms with Crippen LogP contribution in [0.4, 0.5) is 28.4 Å². The highest BCUT2D eigenvalue weighted by Crippen LogP contribution is 2.51. The van der Waals surface area contributed by atoms with E-state index in [-0.39, 0.29) is 6.04 Å². The third kappa shape index (κ3) is 8.86. The Kier molecular flexibility index (Phi) is 12.5.